The summed E-state index contributed by atoms with van der Waals surface area (Å²) in [7, 11) is 1.95. The van der Waals surface area contributed by atoms with Crippen molar-refractivity contribution in [2.24, 2.45) is 7.05 Å². The van der Waals surface area contributed by atoms with Crippen LogP contribution in [0.3, 0.4) is 0 Å². The Morgan fingerprint density at radius 1 is 1.40 bits per heavy atom. The second kappa shape index (κ2) is 5.11. The molecule has 0 aliphatic rings. The maximum Gasteiger partial charge on any atom is 0.166 e. The van der Waals surface area contributed by atoms with Gasteiger partial charge in [0.1, 0.15) is 0 Å². The fourth-order valence-electron chi connectivity index (χ4n) is 1.47. The average molecular weight is 226 g/mol. The molecule has 0 aromatic carbocycles. The van der Waals surface area contributed by atoms with E-state index in [1.54, 1.807) is 0 Å². The summed E-state index contributed by atoms with van der Waals surface area (Å²) in [5.74, 6) is 0. The molecule has 84 valence electrons. The highest BCUT2D eigenvalue weighted by atomic mass is 32.1. The fraction of sp³-hybridized carbons (Fsp3) is 0.600. The summed E-state index contributed by atoms with van der Waals surface area (Å²) in [6, 6.07) is 0. The van der Waals surface area contributed by atoms with E-state index in [2.05, 4.69) is 22.7 Å². The van der Waals surface area contributed by atoms with Crippen molar-refractivity contribution in [2.75, 3.05) is 6.54 Å². The molecular weight excluding hydrogens is 208 g/mol. The highest BCUT2D eigenvalue weighted by molar-refractivity contribution is 7.80. The van der Waals surface area contributed by atoms with Gasteiger partial charge in [0, 0.05) is 31.4 Å². The minimum Gasteiger partial charge on any atom is -0.363 e. The first-order valence-electron chi connectivity index (χ1n) is 5.07. The fourth-order valence-corrected chi connectivity index (χ4v) is 1.68. The topological polar surface area (TPSA) is 41.9 Å². The van der Waals surface area contributed by atoms with Crippen LogP contribution in [0, 0.1) is 13.8 Å². The van der Waals surface area contributed by atoms with Gasteiger partial charge in [-0.1, -0.05) is 0 Å². The summed E-state index contributed by atoms with van der Waals surface area (Å²) < 4.78 is 1.89. The van der Waals surface area contributed by atoms with Gasteiger partial charge in [0.05, 0.1) is 5.69 Å². The normalized spacial score (nSPS) is 10.1. The predicted molar refractivity (Wildman–Crippen MR) is 65.8 cm³/mol. The molecule has 15 heavy (non-hydrogen) atoms. The van der Waals surface area contributed by atoms with Crippen molar-refractivity contribution < 1.29 is 0 Å². The quantitative estimate of drug-likeness (QED) is 0.755. The van der Waals surface area contributed by atoms with Gasteiger partial charge < -0.3 is 10.6 Å². The summed E-state index contributed by atoms with van der Waals surface area (Å²) in [5, 5.41) is 11.3. The lowest BCUT2D eigenvalue weighted by Crippen LogP contribution is -2.34. The molecule has 5 heteroatoms. The molecule has 1 heterocycles. The molecule has 1 aromatic heterocycles. The van der Waals surface area contributed by atoms with Gasteiger partial charge >= 0.3 is 0 Å². The number of thiocarbonyl (C=S) groups is 1. The zero-order valence-electron chi connectivity index (χ0n) is 9.72. The Balaban J connectivity index is 2.61. The first kappa shape index (κ1) is 12.0. The van der Waals surface area contributed by atoms with Crippen molar-refractivity contribution in [1.29, 1.82) is 0 Å². The Morgan fingerprint density at radius 2 is 2.07 bits per heavy atom. The summed E-state index contributed by atoms with van der Waals surface area (Å²) in [5.41, 5.74) is 3.46. The van der Waals surface area contributed by atoms with Gasteiger partial charge in [-0.05, 0) is 33.0 Å². The summed E-state index contributed by atoms with van der Waals surface area (Å²) in [4.78, 5) is 0. The zero-order chi connectivity index (χ0) is 11.4. The largest absolute Gasteiger partial charge is 0.363 e. The van der Waals surface area contributed by atoms with Crippen molar-refractivity contribution in [3.63, 3.8) is 0 Å². The summed E-state index contributed by atoms with van der Waals surface area (Å²) in [6.07, 6.45) is 0. The van der Waals surface area contributed by atoms with Gasteiger partial charge in [0.2, 0.25) is 0 Å². The van der Waals surface area contributed by atoms with Crippen molar-refractivity contribution in [1.82, 2.24) is 20.4 Å². The molecule has 0 saturated carbocycles. The van der Waals surface area contributed by atoms with Crippen molar-refractivity contribution in [3.8, 4) is 0 Å². The monoisotopic (exact) mass is 226 g/mol. The van der Waals surface area contributed by atoms with Gasteiger partial charge in [-0.25, -0.2) is 0 Å². The van der Waals surface area contributed by atoms with E-state index in [4.69, 9.17) is 12.2 Å². The Bertz CT molecular complexity index is 357. The number of hydrogen-bond donors (Lipinski definition) is 2. The maximum absolute atomic E-state index is 5.10. The van der Waals surface area contributed by atoms with Gasteiger partial charge in [0.25, 0.3) is 0 Å². The number of nitrogens with zero attached hydrogens (tertiary/aromatic N) is 2. The molecule has 0 bridgehead atoms. The standard InChI is InChI=1S/C10H18N4S/c1-5-11-10(15)12-6-9-7(2)13-14(4)8(9)3/h5-6H2,1-4H3,(H2,11,12,15). The minimum absolute atomic E-state index is 0.695. The van der Waals surface area contributed by atoms with Crippen LogP contribution in [0.2, 0.25) is 0 Å². The van der Waals surface area contributed by atoms with Crippen molar-refractivity contribution in [3.05, 3.63) is 17.0 Å². The zero-order valence-corrected chi connectivity index (χ0v) is 10.5. The molecule has 1 rings (SSSR count). The minimum atomic E-state index is 0.695. The van der Waals surface area contributed by atoms with Crippen LogP contribution >= 0.6 is 12.2 Å². The third-order valence-electron chi connectivity index (χ3n) is 2.42. The summed E-state index contributed by atoms with van der Waals surface area (Å²) in [6.45, 7) is 7.68. The van der Waals surface area contributed by atoms with Crippen LogP contribution in [0.4, 0.5) is 0 Å². The smallest absolute Gasteiger partial charge is 0.166 e. The van der Waals surface area contributed by atoms with E-state index < -0.39 is 0 Å². The summed E-state index contributed by atoms with van der Waals surface area (Å²) >= 11 is 5.10. The van der Waals surface area contributed by atoms with Crippen LogP contribution in [-0.2, 0) is 13.6 Å². The molecule has 0 radical (unpaired) electrons. The molecule has 0 atom stereocenters. The molecular formula is C10H18N4S. The second-order valence-corrected chi connectivity index (χ2v) is 3.89. The molecule has 1 aromatic rings. The van der Waals surface area contributed by atoms with Gasteiger partial charge in [-0.15, -0.1) is 0 Å². The lowest BCUT2D eigenvalue weighted by atomic mass is 10.2. The van der Waals surface area contributed by atoms with Gasteiger partial charge in [-0.2, -0.15) is 5.10 Å². The van der Waals surface area contributed by atoms with Crippen LogP contribution in [0.1, 0.15) is 23.9 Å². The molecule has 0 aliphatic heterocycles. The number of nitrogens with one attached hydrogen (secondary N) is 2. The van der Waals surface area contributed by atoms with Crippen LogP contribution in [0.25, 0.3) is 0 Å². The SMILES string of the molecule is CCNC(=S)NCc1c(C)nn(C)c1C. The Morgan fingerprint density at radius 3 is 2.53 bits per heavy atom. The van der Waals surface area contributed by atoms with Crippen molar-refractivity contribution in [2.45, 2.75) is 27.3 Å². The third-order valence-corrected chi connectivity index (χ3v) is 2.71. The Kier molecular flexibility index (Phi) is 4.08. The molecule has 4 nitrogen and oxygen atoms in total. The Labute approximate surface area is 96.1 Å². The van der Waals surface area contributed by atoms with E-state index in [1.807, 2.05) is 25.6 Å². The average Bonchev–Trinajstić information content (AvgIpc) is 2.40. The molecule has 0 amide bonds. The van der Waals surface area contributed by atoms with E-state index >= 15 is 0 Å². The van der Waals surface area contributed by atoms with Crippen LogP contribution in [0.15, 0.2) is 0 Å². The van der Waals surface area contributed by atoms with Crippen LogP contribution < -0.4 is 10.6 Å². The number of aromatic nitrogens is 2. The highest BCUT2D eigenvalue weighted by Crippen LogP contribution is 2.10. The molecule has 0 fully saturated rings. The van der Waals surface area contributed by atoms with Gasteiger partial charge in [-0.3, -0.25) is 4.68 Å². The van der Waals surface area contributed by atoms with Gasteiger partial charge in [0.15, 0.2) is 5.11 Å². The first-order chi connectivity index (χ1) is 7.06. The van der Waals surface area contributed by atoms with Crippen LogP contribution in [0.5, 0.6) is 0 Å². The van der Waals surface area contributed by atoms with E-state index in [0.29, 0.717) is 5.11 Å². The maximum atomic E-state index is 5.10. The van der Waals surface area contributed by atoms with Crippen LogP contribution in [-0.4, -0.2) is 21.4 Å². The lowest BCUT2D eigenvalue weighted by Gasteiger charge is -2.08. The molecule has 0 spiro atoms. The molecule has 2 N–H and O–H groups in total. The van der Waals surface area contributed by atoms with E-state index in [0.717, 1.165) is 18.8 Å². The van der Waals surface area contributed by atoms with Crippen molar-refractivity contribution >= 4 is 17.3 Å². The second-order valence-electron chi connectivity index (χ2n) is 3.49. The molecule has 0 aliphatic carbocycles. The first-order valence-corrected chi connectivity index (χ1v) is 5.47. The van der Waals surface area contributed by atoms with E-state index in [1.165, 1.54) is 11.3 Å². The lowest BCUT2D eigenvalue weighted by molar-refractivity contribution is 0.729. The molecule has 0 unspecified atom stereocenters. The number of rotatable bonds is 3. The van der Waals surface area contributed by atoms with E-state index in [-0.39, 0.29) is 0 Å². The third kappa shape index (κ3) is 2.92. The number of hydrogen-bond acceptors (Lipinski definition) is 2. The number of aryl methyl sites for hydroxylation is 2. The molecule has 0 saturated heterocycles. The van der Waals surface area contributed by atoms with E-state index in [9.17, 15) is 0 Å². The Hall–Kier alpha value is -1.10. The highest BCUT2D eigenvalue weighted by Gasteiger charge is 2.08. The predicted octanol–water partition coefficient (Wildman–Crippen LogP) is 1.02.